The first kappa shape index (κ1) is 12.2. The maximum atomic E-state index is 10.3. The first-order chi connectivity index (χ1) is 6.06. The highest BCUT2D eigenvalue weighted by Gasteiger charge is 1.98. The van der Waals surface area contributed by atoms with Gasteiger partial charge in [0.1, 0.15) is 0 Å². The molecule has 13 heavy (non-hydrogen) atoms. The van der Waals surface area contributed by atoms with Crippen LogP contribution in [0.25, 0.3) is 0 Å². The van der Waals surface area contributed by atoms with Gasteiger partial charge in [0.2, 0.25) is 0 Å². The molecule has 0 bridgehead atoms. The molecular formula is C8H13NO3S. The fourth-order valence-electron chi connectivity index (χ4n) is 0.560. The largest absolute Gasteiger partial charge is 0.333 e. The summed E-state index contributed by atoms with van der Waals surface area (Å²) in [5.74, 6) is 5.59. The monoisotopic (exact) mass is 203 g/mol. The van der Waals surface area contributed by atoms with Gasteiger partial charge in [-0.2, -0.15) is 8.42 Å². The van der Waals surface area contributed by atoms with Crippen LogP contribution in [0.2, 0.25) is 0 Å². The molecule has 0 amide bonds. The van der Waals surface area contributed by atoms with Crippen molar-refractivity contribution in [3.63, 3.8) is 0 Å². The average Bonchev–Trinajstić information content (AvgIpc) is 2.01. The Morgan fingerprint density at radius 3 is 2.54 bits per heavy atom. The maximum absolute atomic E-state index is 10.3. The zero-order valence-electron chi connectivity index (χ0n) is 7.32. The number of rotatable bonds is 5. The quantitative estimate of drug-likeness (QED) is 0.403. The Bertz CT molecular complexity index is 297. The number of hydrogen-bond acceptors (Lipinski definition) is 3. The lowest BCUT2D eigenvalue weighted by Crippen LogP contribution is -2.16. The molecule has 0 aromatic heterocycles. The zero-order valence-corrected chi connectivity index (χ0v) is 8.14. The standard InChI is InChI=1S/C8H13NO3S/c1-2-3-4-5-6-7-8-12-13(9,10)11/h2H,1,3-4,7-8H2,(H2,9,10,11). The summed E-state index contributed by atoms with van der Waals surface area (Å²) in [4.78, 5) is 0. The van der Waals surface area contributed by atoms with E-state index in [1.807, 2.05) is 0 Å². The van der Waals surface area contributed by atoms with Crippen LogP contribution >= 0.6 is 0 Å². The smallest absolute Gasteiger partial charge is 0.257 e. The Morgan fingerprint density at radius 2 is 2.00 bits per heavy atom. The molecule has 0 aromatic carbocycles. The van der Waals surface area contributed by atoms with Crippen molar-refractivity contribution in [3.8, 4) is 11.8 Å². The van der Waals surface area contributed by atoms with E-state index in [0.29, 0.717) is 6.42 Å². The minimum absolute atomic E-state index is 0.0138. The summed E-state index contributed by atoms with van der Waals surface area (Å²) in [6, 6.07) is 0. The van der Waals surface area contributed by atoms with Crippen LogP contribution < -0.4 is 5.14 Å². The second-order valence-electron chi connectivity index (χ2n) is 2.25. The Labute approximate surface area is 79.0 Å². The molecule has 0 saturated heterocycles. The van der Waals surface area contributed by atoms with Crippen LogP contribution in [0, 0.1) is 11.8 Å². The molecular weight excluding hydrogens is 190 g/mol. The topological polar surface area (TPSA) is 69.4 Å². The zero-order chi connectivity index (χ0) is 10.2. The predicted octanol–water partition coefficient (Wildman–Crippen LogP) is 0.566. The molecule has 0 aliphatic carbocycles. The predicted molar refractivity (Wildman–Crippen MR) is 50.9 cm³/mol. The van der Waals surface area contributed by atoms with Gasteiger partial charge in [-0.25, -0.2) is 5.14 Å². The number of nitrogens with two attached hydrogens (primary N) is 1. The van der Waals surface area contributed by atoms with E-state index < -0.39 is 10.3 Å². The van der Waals surface area contributed by atoms with Gasteiger partial charge in [-0.3, -0.25) is 4.18 Å². The van der Waals surface area contributed by atoms with Gasteiger partial charge in [-0.05, 0) is 6.42 Å². The van der Waals surface area contributed by atoms with Crippen LogP contribution in [0.1, 0.15) is 19.3 Å². The van der Waals surface area contributed by atoms with Crippen molar-refractivity contribution in [3.05, 3.63) is 12.7 Å². The van der Waals surface area contributed by atoms with E-state index in [1.165, 1.54) is 0 Å². The van der Waals surface area contributed by atoms with Crippen LogP contribution in [0.4, 0.5) is 0 Å². The second kappa shape index (κ2) is 6.66. The molecule has 4 nitrogen and oxygen atoms in total. The molecule has 0 heterocycles. The Hall–Kier alpha value is -0.830. The molecule has 5 heteroatoms. The van der Waals surface area contributed by atoms with Gasteiger partial charge in [0.05, 0.1) is 6.61 Å². The molecule has 0 fully saturated rings. The van der Waals surface area contributed by atoms with Gasteiger partial charge in [0, 0.05) is 12.8 Å². The van der Waals surface area contributed by atoms with E-state index in [9.17, 15) is 8.42 Å². The van der Waals surface area contributed by atoms with Gasteiger partial charge in [0.15, 0.2) is 0 Å². The first-order valence-corrected chi connectivity index (χ1v) is 5.27. The van der Waals surface area contributed by atoms with Crippen LogP contribution in [0.5, 0.6) is 0 Å². The lowest BCUT2D eigenvalue weighted by Gasteiger charge is -1.94. The van der Waals surface area contributed by atoms with Gasteiger partial charge >= 0.3 is 10.3 Å². The molecule has 0 aliphatic heterocycles. The Kier molecular flexibility index (Phi) is 6.24. The molecule has 0 unspecified atom stereocenters. The van der Waals surface area contributed by atoms with Crippen molar-refractivity contribution in [2.24, 2.45) is 5.14 Å². The average molecular weight is 203 g/mol. The molecule has 0 atom stereocenters. The molecule has 0 aromatic rings. The summed E-state index contributed by atoms with van der Waals surface area (Å²) in [6.45, 7) is 3.55. The third-order valence-electron chi connectivity index (χ3n) is 1.07. The SMILES string of the molecule is C=CCCC#CCCOS(N)(=O)=O. The summed E-state index contributed by atoms with van der Waals surface area (Å²) in [5, 5.41) is 4.59. The highest BCUT2D eigenvalue weighted by molar-refractivity contribution is 7.84. The van der Waals surface area contributed by atoms with Crippen molar-refractivity contribution in [1.29, 1.82) is 0 Å². The molecule has 74 valence electrons. The van der Waals surface area contributed by atoms with E-state index in [-0.39, 0.29) is 6.61 Å². The minimum atomic E-state index is -3.81. The summed E-state index contributed by atoms with van der Waals surface area (Å²) >= 11 is 0. The number of hydrogen-bond donors (Lipinski definition) is 1. The van der Waals surface area contributed by atoms with Gasteiger partial charge in [0.25, 0.3) is 0 Å². The third-order valence-corrected chi connectivity index (χ3v) is 1.57. The second-order valence-corrected chi connectivity index (χ2v) is 3.47. The summed E-state index contributed by atoms with van der Waals surface area (Å²) in [7, 11) is -3.81. The van der Waals surface area contributed by atoms with Crippen LogP contribution in [0.3, 0.4) is 0 Å². The molecule has 0 saturated carbocycles. The molecule has 0 aliphatic rings. The van der Waals surface area contributed by atoms with Gasteiger partial charge in [-0.15, -0.1) is 18.4 Å². The van der Waals surface area contributed by atoms with E-state index in [2.05, 4.69) is 27.7 Å². The maximum Gasteiger partial charge on any atom is 0.333 e. The lowest BCUT2D eigenvalue weighted by molar-refractivity contribution is 0.327. The van der Waals surface area contributed by atoms with Crippen LogP contribution in [-0.4, -0.2) is 15.0 Å². The summed E-state index contributed by atoms with van der Waals surface area (Å²) < 4.78 is 24.8. The molecule has 0 spiro atoms. The van der Waals surface area contributed by atoms with Crippen molar-refractivity contribution in [1.82, 2.24) is 0 Å². The Balaban J connectivity index is 3.43. The highest BCUT2D eigenvalue weighted by atomic mass is 32.2. The van der Waals surface area contributed by atoms with Gasteiger partial charge < -0.3 is 0 Å². The number of unbranched alkanes of at least 4 members (excludes halogenated alkanes) is 1. The first-order valence-electron chi connectivity index (χ1n) is 3.80. The summed E-state index contributed by atoms with van der Waals surface area (Å²) in [6.07, 6.45) is 3.71. The van der Waals surface area contributed by atoms with Gasteiger partial charge in [-0.1, -0.05) is 6.08 Å². The summed E-state index contributed by atoms with van der Waals surface area (Å²) in [5.41, 5.74) is 0. The van der Waals surface area contributed by atoms with Crippen molar-refractivity contribution < 1.29 is 12.6 Å². The molecule has 2 N–H and O–H groups in total. The molecule has 0 rings (SSSR count). The van der Waals surface area contributed by atoms with Crippen LogP contribution in [-0.2, 0) is 14.5 Å². The number of allylic oxidation sites excluding steroid dienone is 1. The highest BCUT2D eigenvalue weighted by Crippen LogP contribution is 1.88. The van der Waals surface area contributed by atoms with E-state index in [4.69, 9.17) is 0 Å². The van der Waals surface area contributed by atoms with Crippen LogP contribution in [0.15, 0.2) is 12.7 Å². The minimum Gasteiger partial charge on any atom is -0.257 e. The Morgan fingerprint density at radius 1 is 1.38 bits per heavy atom. The van der Waals surface area contributed by atoms with Crippen molar-refractivity contribution in [2.75, 3.05) is 6.61 Å². The normalized spacial score (nSPS) is 10.2. The van der Waals surface area contributed by atoms with E-state index in [0.717, 1.165) is 12.8 Å². The lowest BCUT2D eigenvalue weighted by atomic mass is 10.3. The molecule has 0 radical (unpaired) electrons. The van der Waals surface area contributed by atoms with E-state index >= 15 is 0 Å². The van der Waals surface area contributed by atoms with E-state index in [1.54, 1.807) is 6.08 Å². The third kappa shape index (κ3) is 11.2. The van der Waals surface area contributed by atoms with Crippen molar-refractivity contribution in [2.45, 2.75) is 19.3 Å². The fourth-order valence-corrected chi connectivity index (χ4v) is 0.876. The van der Waals surface area contributed by atoms with Crippen molar-refractivity contribution >= 4 is 10.3 Å². The fraction of sp³-hybridized carbons (Fsp3) is 0.500.